The normalized spacial score (nSPS) is 10.7. The van der Waals surface area contributed by atoms with Gasteiger partial charge in [-0.3, -0.25) is 0 Å². The van der Waals surface area contributed by atoms with Crippen LogP contribution in [0.25, 0.3) is 22.2 Å². The van der Waals surface area contributed by atoms with Crippen molar-refractivity contribution in [3.05, 3.63) is 78.9 Å². The smallest absolute Gasteiger partial charge is 0.0728 e. The average molecular weight is 275 g/mol. The van der Waals surface area contributed by atoms with Crippen molar-refractivity contribution in [1.82, 2.24) is 4.98 Å². The zero-order chi connectivity index (χ0) is 14.5. The Labute approximate surface area is 124 Å². The van der Waals surface area contributed by atoms with Crippen LogP contribution < -0.4 is 0 Å². The zero-order valence-corrected chi connectivity index (χ0v) is 11.8. The number of rotatable bonds is 5. The molecule has 0 atom stereocenters. The minimum Gasteiger partial charge on any atom is -0.373 e. The van der Waals surface area contributed by atoms with Crippen LogP contribution >= 0.6 is 0 Å². The monoisotopic (exact) mass is 275 g/mol. The summed E-state index contributed by atoms with van der Waals surface area (Å²) < 4.78 is 5.62. The molecule has 2 nitrogen and oxygen atoms in total. The van der Waals surface area contributed by atoms with Gasteiger partial charge in [-0.1, -0.05) is 54.6 Å². The Morgan fingerprint density at radius 3 is 2.57 bits per heavy atom. The van der Waals surface area contributed by atoms with E-state index < -0.39 is 0 Å². The van der Waals surface area contributed by atoms with E-state index >= 15 is 0 Å². The maximum absolute atomic E-state index is 5.62. The van der Waals surface area contributed by atoms with Crippen molar-refractivity contribution in [3.63, 3.8) is 0 Å². The highest BCUT2D eigenvalue weighted by Gasteiger charge is 2.07. The van der Waals surface area contributed by atoms with Crippen molar-refractivity contribution >= 4 is 10.9 Å². The lowest BCUT2D eigenvalue weighted by Gasteiger charge is -2.10. The van der Waals surface area contributed by atoms with Crippen LogP contribution in [0.2, 0.25) is 0 Å². The molecule has 0 N–H and O–H groups in total. The van der Waals surface area contributed by atoms with Crippen molar-refractivity contribution in [2.45, 2.75) is 6.61 Å². The second-order valence-corrected chi connectivity index (χ2v) is 4.85. The molecule has 0 spiro atoms. The fraction of sp³-hybridized carbons (Fsp3) is 0.105. The molecule has 0 bridgehead atoms. The highest BCUT2D eigenvalue weighted by atomic mass is 16.5. The molecule has 0 aliphatic rings. The van der Waals surface area contributed by atoms with Gasteiger partial charge in [-0.05, 0) is 17.7 Å². The van der Waals surface area contributed by atoms with Crippen LogP contribution in [0.3, 0.4) is 0 Å². The summed E-state index contributed by atoms with van der Waals surface area (Å²) in [7, 11) is 0. The molecule has 0 aliphatic heterocycles. The van der Waals surface area contributed by atoms with Gasteiger partial charge in [-0.15, -0.1) is 6.58 Å². The van der Waals surface area contributed by atoms with Crippen LogP contribution in [0.5, 0.6) is 0 Å². The summed E-state index contributed by atoms with van der Waals surface area (Å²) in [5.41, 5.74) is 4.25. The first-order chi connectivity index (χ1) is 10.4. The predicted octanol–water partition coefficient (Wildman–Crippen LogP) is 4.60. The van der Waals surface area contributed by atoms with Gasteiger partial charge in [-0.2, -0.15) is 0 Å². The molecule has 0 fully saturated rings. The van der Waals surface area contributed by atoms with Crippen LogP contribution in [0.15, 0.2) is 73.3 Å². The zero-order valence-electron chi connectivity index (χ0n) is 11.8. The number of para-hydroxylation sites is 1. The summed E-state index contributed by atoms with van der Waals surface area (Å²) in [6.45, 7) is 4.80. The average Bonchev–Trinajstić information content (AvgIpc) is 2.55. The third-order valence-electron chi connectivity index (χ3n) is 3.36. The van der Waals surface area contributed by atoms with E-state index in [4.69, 9.17) is 9.72 Å². The van der Waals surface area contributed by atoms with Crippen LogP contribution in [0, 0.1) is 0 Å². The molecule has 2 heteroatoms. The number of hydrogen-bond donors (Lipinski definition) is 0. The lowest BCUT2D eigenvalue weighted by Crippen LogP contribution is -1.96. The Morgan fingerprint density at radius 2 is 1.76 bits per heavy atom. The number of pyridine rings is 1. The Morgan fingerprint density at radius 1 is 1.00 bits per heavy atom. The van der Waals surface area contributed by atoms with E-state index in [1.807, 2.05) is 36.4 Å². The van der Waals surface area contributed by atoms with Crippen molar-refractivity contribution in [2.24, 2.45) is 0 Å². The lowest BCUT2D eigenvalue weighted by atomic mass is 10.0. The summed E-state index contributed by atoms with van der Waals surface area (Å²) in [5.74, 6) is 0. The van der Waals surface area contributed by atoms with Gasteiger partial charge in [0.1, 0.15) is 0 Å². The van der Waals surface area contributed by atoms with Crippen LogP contribution in [0.1, 0.15) is 5.56 Å². The van der Waals surface area contributed by atoms with E-state index in [9.17, 15) is 0 Å². The standard InChI is InChI=1S/C19H17NO/c1-2-12-21-14-16-13-19(15-8-4-3-5-9-15)20-18-11-7-6-10-17(16)18/h2-11,13H,1,12,14H2. The molecule has 2 aromatic carbocycles. The molecule has 3 aromatic rings. The lowest BCUT2D eigenvalue weighted by molar-refractivity contribution is 0.150. The molecule has 0 aliphatic carbocycles. The number of ether oxygens (including phenoxy) is 1. The van der Waals surface area contributed by atoms with Gasteiger partial charge < -0.3 is 4.74 Å². The van der Waals surface area contributed by atoms with E-state index in [0.29, 0.717) is 13.2 Å². The van der Waals surface area contributed by atoms with Gasteiger partial charge in [0.25, 0.3) is 0 Å². The summed E-state index contributed by atoms with van der Waals surface area (Å²) in [5, 5.41) is 1.14. The van der Waals surface area contributed by atoms with E-state index in [1.165, 1.54) is 0 Å². The van der Waals surface area contributed by atoms with E-state index in [-0.39, 0.29) is 0 Å². The summed E-state index contributed by atoms with van der Waals surface area (Å²) >= 11 is 0. The number of hydrogen-bond acceptors (Lipinski definition) is 2. The summed E-state index contributed by atoms with van der Waals surface area (Å²) in [4.78, 5) is 4.76. The quantitative estimate of drug-likeness (QED) is 0.501. The Kier molecular flexibility index (Phi) is 4.08. The number of nitrogens with zero attached hydrogens (tertiary/aromatic N) is 1. The van der Waals surface area contributed by atoms with Crippen LogP contribution in [-0.2, 0) is 11.3 Å². The largest absolute Gasteiger partial charge is 0.373 e. The molecular weight excluding hydrogens is 258 g/mol. The fourth-order valence-electron chi connectivity index (χ4n) is 2.38. The minimum atomic E-state index is 0.553. The van der Waals surface area contributed by atoms with Gasteiger partial charge in [-0.25, -0.2) is 4.98 Å². The molecule has 1 aromatic heterocycles. The van der Waals surface area contributed by atoms with Crippen LogP contribution in [0.4, 0.5) is 0 Å². The van der Waals surface area contributed by atoms with Crippen molar-refractivity contribution in [2.75, 3.05) is 6.61 Å². The highest BCUT2D eigenvalue weighted by molar-refractivity contribution is 5.85. The second-order valence-electron chi connectivity index (χ2n) is 4.85. The molecule has 0 saturated heterocycles. The van der Waals surface area contributed by atoms with Crippen molar-refractivity contribution in [3.8, 4) is 11.3 Å². The van der Waals surface area contributed by atoms with Crippen LogP contribution in [-0.4, -0.2) is 11.6 Å². The van der Waals surface area contributed by atoms with Gasteiger partial charge in [0, 0.05) is 10.9 Å². The van der Waals surface area contributed by atoms with Gasteiger partial charge >= 0.3 is 0 Å². The van der Waals surface area contributed by atoms with E-state index in [2.05, 4.69) is 30.8 Å². The molecule has 3 rings (SSSR count). The summed E-state index contributed by atoms with van der Waals surface area (Å²) in [6.07, 6.45) is 1.77. The molecule has 21 heavy (non-hydrogen) atoms. The Bertz CT molecular complexity index is 750. The fourth-order valence-corrected chi connectivity index (χ4v) is 2.38. The molecule has 104 valence electrons. The summed E-state index contributed by atoms with van der Waals surface area (Å²) in [6, 6.07) is 20.5. The first-order valence-electron chi connectivity index (χ1n) is 7.01. The first-order valence-corrected chi connectivity index (χ1v) is 7.01. The van der Waals surface area contributed by atoms with E-state index in [1.54, 1.807) is 6.08 Å². The third-order valence-corrected chi connectivity index (χ3v) is 3.36. The highest BCUT2D eigenvalue weighted by Crippen LogP contribution is 2.25. The van der Waals surface area contributed by atoms with Gasteiger partial charge in [0.15, 0.2) is 0 Å². The first kappa shape index (κ1) is 13.5. The maximum Gasteiger partial charge on any atom is 0.0728 e. The number of benzene rings is 2. The number of aromatic nitrogens is 1. The number of fused-ring (bicyclic) bond motifs is 1. The molecule has 0 amide bonds. The van der Waals surface area contributed by atoms with Gasteiger partial charge in [0.2, 0.25) is 0 Å². The molecule has 0 saturated carbocycles. The SMILES string of the molecule is C=CCOCc1cc(-c2ccccc2)nc2ccccc12. The Balaban J connectivity index is 2.08. The molecule has 1 heterocycles. The second kappa shape index (κ2) is 6.33. The molecule has 0 radical (unpaired) electrons. The van der Waals surface area contributed by atoms with Crippen molar-refractivity contribution in [1.29, 1.82) is 0 Å². The third kappa shape index (κ3) is 3.01. The predicted molar refractivity (Wildman–Crippen MR) is 87.0 cm³/mol. The van der Waals surface area contributed by atoms with Crippen molar-refractivity contribution < 1.29 is 4.74 Å². The topological polar surface area (TPSA) is 22.1 Å². The van der Waals surface area contributed by atoms with Gasteiger partial charge in [0.05, 0.1) is 24.4 Å². The minimum absolute atomic E-state index is 0.553. The maximum atomic E-state index is 5.62. The Hall–Kier alpha value is -2.45. The molecular formula is C19H17NO. The van der Waals surface area contributed by atoms with E-state index in [0.717, 1.165) is 27.7 Å². The molecule has 0 unspecified atom stereocenters.